The third-order valence-electron chi connectivity index (χ3n) is 3.90. The number of hydrogen-bond donors (Lipinski definition) is 1. The molecule has 2 heterocycles. The topological polar surface area (TPSA) is 49.6 Å². The number of benzene rings is 1. The summed E-state index contributed by atoms with van der Waals surface area (Å²) >= 11 is 1.44. The molecule has 126 valence electrons. The fourth-order valence-electron chi connectivity index (χ4n) is 2.59. The average Bonchev–Trinajstić information content (AvgIpc) is 3.12. The summed E-state index contributed by atoms with van der Waals surface area (Å²) in [5.74, 6) is -0.0111. The maximum absolute atomic E-state index is 12.4. The van der Waals surface area contributed by atoms with Gasteiger partial charge in [-0.2, -0.15) is 0 Å². The molecular weight excluding hydrogens is 320 g/mol. The fourth-order valence-corrected chi connectivity index (χ4v) is 3.61. The van der Waals surface area contributed by atoms with E-state index in [-0.39, 0.29) is 5.91 Å². The molecule has 0 fully saturated rings. The van der Waals surface area contributed by atoms with Gasteiger partial charge in [0.25, 0.3) is 5.91 Å². The molecule has 6 heteroatoms. The molecule has 0 radical (unpaired) electrons. The molecule has 1 aromatic carbocycles. The first-order valence-electron chi connectivity index (χ1n) is 8.03. The molecule has 0 spiro atoms. The second-order valence-corrected chi connectivity index (χ2v) is 7.05. The zero-order valence-corrected chi connectivity index (χ0v) is 15.1. The van der Waals surface area contributed by atoms with Crippen LogP contribution in [0.1, 0.15) is 21.8 Å². The standard InChI is InChI=1S/C18H22N4OS/c1-13-16(17(23)19-10-7-11-21(2)3)24-18-20-15(12-22(13)18)14-8-5-4-6-9-14/h4-6,8-9,12H,7,10-11H2,1-3H3,(H,19,23). The Kier molecular flexibility index (Phi) is 4.97. The quantitative estimate of drug-likeness (QED) is 0.701. The number of hydrogen-bond acceptors (Lipinski definition) is 4. The number of carbonyl (C=O) groups excluding carboxylic acids is 1. The van der Waals surface area contributed by atoms with Crippen LogP contribution in [0.4, 0.5) is 0 Å². The lowest BCUT2D eigenvalue weighted by atomic mass is 10.2. The molecule has 0 aliphatic heterocycles. The van der Waals surface area contributed by atoms with Crippen molar-refractivity contribution < 1.29 is 4.79 Å². The summed E-state index contributed by atoms with van der Waals surface area (Å²) in [6, 6.07) is 10.1. The summed E-state index contributed by atoms with van der Waals surface area (Å²) < 4.78 is 2.00. The lowest BCUT2D eigenvalue weighted by Crippen LogP contribution is -2.27. The number of nitrogens with zero attached hydrogens (tertiary/aromatic N) is 3. The van der Waals surface area contributed by atoms with Gasteiger partial charge < -0.3 is 10.2 Å². The highest BCUT2D eigenvalue weighted by atomic mass is 32.1. The lowest BCUT2D eigenvalue weighted by molar-refractivity contribution is 0.0955. The van der Waals surface area contributed by atoms with Gasteiger partial charge in [-0.15, -0.1) is 0 Å². The highest BCUT2D eigenvalue weighted by Crippen LogP contribution is 2.26. The first kappa shape index (κ1) is 16.7. The van der Waals surface area contributed by atoms with Gasteiger partial charge in [0.15, 0.2) is 4.96 Å². The van der Waals surface area contributed by atoms with E-state index in [0.717, 1.165) is 39.8 Å². The number of imidazole rings is 1. The van der Waals surface area contributed by atoms with Crippen molar-refractivity contribution in [2.24, 2.45) is 0 Å². The third kappa shape index (κ3) is 3.49. The Morgan fingerprint density at radius 2 is 2.04 bits per heavy atom. The van der Waals surface area contributed by atoms with E-state index in [1.54, 1.807) is 0 Å². The lowest BCUT2D eigenvalue weighted by Gasteiger charge is -2.09. The van der Waals surface area contributed by atoms with Crippen LogP contribution in [-0.4, -0.2) is 47.4 Å². The van der Waals surface area contributed by atoms with Crippen molar-refractivity contribution in [2.75, 3.05) is 27.2 Å². The molecule has 5 nitrogen and oxygen atoms in total. The van der Waals surface area contributed by atoms with Gasteiger partial charge in [0.05, 0.1) is 5.69 Å². The van der Waals surface area contributed by atoms with Crippen molar-refractivity contribution in [2.45, 2.75) is 13.3 Å². The molecule has 1 amide bonds. The second-order valence-electron chi connectivity index (χ2n) is 6.07. The summed E-state index contributed by atoms with van der Waals surface area (Å²) in [5, 5.41) is 3.00. The maximum Gasteiger partial charge on any atom is 0.263 e. The molecule has 2 aromatic heterocycles. The molecule has 0 unspecified atom stereocenters. The maximum atomic E-state index is 12.4. The van der Waals surface area contributed by atoms with Crippen molar-refractivity contribution in [3.8, 4) is 11.3 Å². The van der Waals surface area contributed by atoms with Crippen molar-refractivity contribution in [1.82, 2.24) is 19.6 Å². The van der Waals surface area contributed by atoms with E-state index in [1.165, 1.54) is 11.3 Å². The molecule has 0 atom stereocenters. The van der Waals surface area contributed by atoms with E-state index in [0.29, 0.717) is 6.54 Å². The van der Waals surface area contributed by atoms with Crippen molar-refractivity contribution >= 4 is 22.2 Å². The van der Waals surface area contributed by atoms with Gasteiger partial charge in [0.1, 0.15) is 4.88 Å². The van der Waals surface area contributed by atoms with Crippen LogP contribution in [0, 0.1) is 6.92 Å². The van der Waals surface area contributed by atoms with E-state index in [2.05, 4.69) is 15.2 Å². The first-order valence-corrected chi connectivity index (χ1v) is 8.85. The van der Waals surface area contributed by atoms with Crippen LogP contribution in [0.25, 0.3) is 16.2 Å². The molecule has 3 rings (SSSR count). The normalized spacial score (nSPS) is 11.3. The van der Waals surface area contributed by atoms with E-state index < -0.39 is 0 Å². The van der Waals surface area contributed by atoms with E-state index in [4.69, 9.17) is 0 Å². The van der Waals surface area contributed by atoms with Crippen LogP contribution in [-0.2, 0) is 0 Å². The highest BCUT2D eigenvalue weighted by Gasteiger charge is 2.17. The number of thiazole rings is 1. The molecular formula is C18H22N4OS. The molecule has 3 aromatic rings. The number of aromatic nitrogens is 2. The smallest absolute Gasteiger partial charge is 0.263 e. The number of rotatable bonds is 6. The van der Waals surface area contributed by atoms with Crippen LogP contribution in [0.3, 0.4) is 0 Å². The predicted molar refractivity (Wildman–Crippen MR) is 98.7 cm³/mol. The van der Waals surface area contributed by atoms with E-state index in [9.17, 15) is 4.79 Å². The van der Waals surface area contributed by atoms with Crippen LogP contribution in [0.15, 0.2) is 36.5 Å². The highest BCUT2D eigenvalue weighted by molar-refractivity contribution is 7.19. The first-order chi connectivity index (χ1) is 11.6. The minimum Gasteiger partial charge on any atom is -0.351 e. The molecule has 0 saturated heterocycles. The summed E-state index contributed by atoms with van der Waals surface area (Å²) in [5.41, 5.74) is 2.96. The Morgan fingerprint density at radius 1 is 1.29 bits per heavy atom. The molecule has 0 bridgehead atoms. The van der Waals surface area contributed by atoms with Gasteiger partial charge in [-0.3, -0.25) is 9.20 Å². The van der Waals surface area contributed by atoms with Gasteiger partial charge in [0, 0.05) is 24.0 Å². The summed E-state index contributed by atoms with van der Waals surface area (Å²) in [4.78, 5) is 20.7. The predicted octanol–water partition coefficient (Wildman–Crippen LogP) is 3.05. The van der Waals surface area contributed by atoms with Crippen molar-refractivity contribution in [1.29, 1.82) is 0 Å². The summed E-state index contributed by atoms with van der Waals surface area (Å²) in [6.45, 7) is 3.62. The van der Waals surface area contributed by atoms with Crippen molar-refractivity contribution in [3.63, 3.8) is 0 Å². The Balaban J connectivity index is 1.75. The number of aryl methyl sites for hydroxylation is 1. The number of nitrogens with one attached hydrogen (secondary N) is 1. The van der Waals surface area contributed by atoms with Crippen LogP contribution in [0.2, 0.25) is 0 Å². The fraction of sp³-hybridized carbons (Fsp3) is 0.333. The third-order valence-corrected chi connectivity index (χ3v) is 5.06. The average molecular weight is 342 g/mol. The van der Waals surface area contributed by atoms with E-state index in [1.807, 2.05) is 61.9 Å². The Labute approximate surface area is 145 Å². The number of fused-ring (bicyclic) bond motifs is 1. The molecule has 0 aliphatic rings. The van der Waals surface area contributed by atoms with Crippen LogP contribution >= 0.6 is 11.3 Å². The van der Waals surface area contributed by atoms with Crippen LogP contribution < -0.4 is 5.32 Å². The van der Waals surface area contributed by atoms with Gasteiger partial charge in [-0.25, -0.2) is 4.98 Å². The summed E-state index contributed by atoms with van der Waals surface area (Å²) in [6.07, 6.45) is 2.94. The molecule has 0 aliphatic carbocycles. The zero-order chi connectivity index (χ0) is 17.1. The minimum atomic E-state index is -0.0111. The Bertz CT molecular complexity index is 835. The zero-order valence-electron chi connectivity index (χ0n) is 14.2. The van der Waals surface area contributed by atoms with Gasteiger partial charge >= 0.3 is 0 Å². The number of carbonyl (C=O) groups is 1. The van der Waals surface area contributed by atoms with Crippen molar-refractivity contribution in [3.05, 3.63) is 47.1 Å². The van der Waals surface area contributed by atoms with Gasteiger partial charge in [-0.05, 0) is 34.0 Å². The second kappa shape index (κ2) is 7.15. The molecule has 0 saturated carbocycles. The van der Waals surface area contributed by atoms with E-state index >= 15 is 0 Å². The monoisotopic (exact) mass is 342 g/mol. The molecule has 24 heavy (non-hydrogen) atoms. The minimum absolute atomic E-state index is 0.0111. The van der Waals surface area contributed by atoms with Gasteiger partial charge in [-0.1, -0.05) is 41.7 Å². The molecule has 1 N–H and O–H groups in total. The summed E-state index contributed by atoms with van der Waals surface area (Å²) in [7, 11) is 4.06. The van der Waals surface area contributed by atoms with Crippen LogP contribution in [0.5, 0.6) is 0 Å². The van der Waals surface area contributed by atoms with Gasteiger partial charge in [0.2, 0.25) is 0 Å². The Hall–Kier alpha value is -2.18. The SMILES string of the molecule is Cc1c(C(=O)NCCCN(C)C)sc2nc(-c3ccccc3)cn12. The largest absolute Gasteiger partial charge is 0.351 e. The Morgan fingerprint density at radius 3 is 2.71 bits per heavy atom. The number of amides is 1.